The maximum Gasteiger partial charge on any atom is 0.224 e. The van der Waals surface area contributed by atoms with Crippen LogP contribution in [-0.2, 0) is 7.05 Å². The fourth-order valence-electron chi connectivity index (χ4n) is 2.96. The number of ether oxygens (including phenoxy) is 1. The van der Waals surface area contributed by atoms with E-state index >= 15 is 0 Å². The molecule has 0 bridgehead atoms. The van der Waals surface area contributed by atoms with Crippen molar-refractivity contribution < 1.29 is 9.13 Å². The minimum Gasteiger partial charge on any atom is -0.492 e. The molecule has 4 rings (SSSR count). The number of nitrogens with one attached hydrogen (secondary N) is 1. The minimum absolute atomic E-state index is 0.0466. The lowest BCUT2D eigenvalue weighted by molar-refractivity contribution is 0.417. The Balaban J connectivity index is 1.92. The number of rotatable bonds is 3. The fraction of sp³-hybridized carbons (Fsp3) is 0.105. The van der Waals surface area contributed by atoms with Gasteiger partial charge in [-0.2, -0.15) is 5.10 Å². The van der Waals surface area contributed by atoms with Crippen LogP contribution in [-0.4, -0.2) is 26.9 Å². The molecule has 0 saturated heterocycles. The average molecular weight is 347 g/mol. The topological polar surface area (TPSA) is 60.1 Å². The molecule has 0 fully saturated rings. The molecule has 2 aromatic heterocycles. The number of hydrogen-bond donors (Lipinski definition) is 1. The highest BCUT2D eigenvalue weighted by atomic mass is 19.1. The molecule has 2 heterocycles. The van der Waals surface area contributed by atoms with E-state index in [1.165, 1.54) is 12.1 Å². The Morgan fingerprint density at radius 2 is 2.00 bits per heavy atom. The van der Waals surface area contributed by atoms with Gasteiger partial charge in [0.25, 0.3) is 0 Å². The zero-order chi connectivity index (χ0) is 18.3. The summed E-state index contributed by atoms with van der Waals surface area (Å²) >= 11 is 0. The Morgan fingerprint density at radius 1 is 1.23 bits per heavy atom. The molecule has 0 spiro atoms. The van der Waals surface area contributed by atoms with Crippen molar-refractivity contribution in [3.05, 3.63) is 59.7 Å². The van der Waals surface area contributed by atoms with Gasteiger partial charge < -0.3 is 9.72 Å². The van der Waals surface area contributed by atoms with Gasteiger partial charge in [0.2, 0.25) is 5.69 Å². The third kappa shape index (κ3) is 2.40. The fourth-order valence-corrected chi connectivity index (χ4v) is 2.96. The largest absolute Gasteiger partial charge is 0.492 e. The Kier molecular flexibility index (Phi) is 3.66. The number of benzene rings is 2. The van der Waals surface area contributed by atoms with Crippen LogP contribution in [0.4, 0.5) is 10.1 Å². The molecule has 0 aliphatic carbocycles. The highest BCUT2D eigenvalue weighted by molar-refractivity contribution is 5.85. The van der Waals surface area contributed by atoms with Crippen molar-refractivity contribution in [2.75, 3.05) is 7.11 Å². The maximum absolute atomic E-state index is 13.9. The van der Waals surface area contributed by atoms with Gasteiger partial charge in [-0.25, -0.2) is 14.2 Å². The number of aromatic amines is 1. The SMILES string of the molecule is [C-]#[N+]c1cc2[nH]c(-c3c(OC)c(-c4ccccc4)nn3C)nc2cc1F. The molecule has 0 aliphatic rings. The van der Waals surface area contributed by atoms with Gasteiger partial charge in [0.1, 0.15) is 17.2 Å². The summed E-state index contributed by atoms with van der Waals surface area (Å²) in [6, 6.07) is 12.4. The monoisotopic (exact) mass is 347 g/mol. The quantitative estimate of drug-likeness (QED) is 0.561. The Morgan fingerprint density at radius 3 is 2.69 bits per heavy atom. The predicted molar refractivity (Wildman–Crippen MR) is 96.5 cm³/mol. The number of aromatic nitrogens is 4. The summed E-state index contributed by atoms with van der Waals surface area (Å²) in [4.78, 5) is 10.8. The van der Waals surface area contributed by atoms with E-state index in [-0.39, 0.29) is 5.69 Å². The third-order valence-electron chi connectivity index (χ3n) is 4.15. The first-order valence-electron chi connectivity index (χ1n) is 7.86. The van der Waals surface area contributed by atoms with Crippen molar-refractivity contribution in [3.8, 4) is 28.5 Å². The standard InChI is InChI=1S/C19H14FN5O/c1-21-13-10-15-14(9-12(13)20)22-19(23-15)17-18(26-3)16(24-25(17)2)11-7-5-4-6-8-11/h4-10H,2-3H3,(H,22,23). The summed E-state index contributed by atoms with van der Waals surface area (Å²) in [5.74, 6) is 0.478. The molecule has 2 aromatic carbocycles. The summed E-state index contributed by atoms with van der Waals surface area (Å²) in [5, 5.41) is 4.56. The molecule has 0 amide bonds. The minimum atomic E-state index is -0.590. The molecule has 0 unspecified atom stereocenters. The van der Waals surface area contributed by atoms with Crippen molar-refractivity contribution >= 4 is 16.7 Å². The van der Waals surface area contributed by atoms with Crippen LogP contribution in [0.2, 0.25) is 0 Å². The second kappa shape index (κ2) is 6.01. The van der Waals surface area contributed by atoms with Crippen LogP contribution in [0.25, 0.3) is 38.7 Å². The number of H-pyrrole nitrogens is 1. The van der Waals surface area contributed by atoms with Crippen molar-refractivity contribution in [1.82, 2.24) is 19.7 Å². The van der Waals surface area contributed by atoms with Crippen LogP contribution in [0.3, 0.4) is 0 Å². The molecule has 128 valence electrons. The van der Waals surface area contributed by atoms with Crippen LogP contribution in [0.15, 0.2) is 42.5 Å². The first-order valence-corrected chi connectivity index (χ1v) is 7.86. The van der Waals surface area contributed by atoms with Crippen LogP contribution < -0.4 is 4.74 Å². The van der Waals surface area contributed by atoms with Gasteiger partial charge in [0.15, 0.2) is 11.6 Å². The lowest BCUT2D eigenvalue weighted by Crippen LogP contribution is -1.96. The van der Waals surface area contributed by atoms with E-state index in [0.717, 1.165) is 5.56 Å². The molecule has 4 aromatic rings. The van der Waals surface area contributed by atoms with Gasteiger partial charge in [-0.05, 0) is 12.1 Å². The Labute approximate surface area is 148 Å². The molecule has 26 heavy (non-hydrogen) atoms. The number of aryl methyl sites for hydroxylation is 1. The van der Waals surface area contributed by atoms with E-state index in [1.54, 1.807) is 18.8 Å². The smallest absolute Gasteiger partial charge is 0.224 e. The van der Waals surface area contributed by atoms with Crippen LogP contribution >= 0.6 is 0 Å². The molecule has 0 radical (unpaired) electrons. The maximum atomic E-state index is 13.9. The molecule has 0 aliphatic heterocycles. The summed E-state index contributed by atoms with van der Waals surface area (Å²) in [6.07, 6.45) is 0. The predicted octanol–water partition coefficient (Wildman–Crippen LogP) is 4.33. The Hall–Kier alpha value is -3.66. The van der Waals surface area contributed by atoms with E-state index in [9.17, 15) is 4.39 Å². The zero-order valence-corrected chi connectivity index (χ0v) is 14.1. The summed E-state index contributed by atoms with van der Waals surface area (Å²) in [7, 11) is 3.37. The van der Waals surface area contributed by atoms with Gasteiger partial charge in [0.05, 0.1) is 24.7 Å². The average Bonchev–Trinajstić information content (AvgIpc) is 3.21. The molecular formula is C19H14FN5O. The second-order valence-corrected chi connectivity index (χ2v) is 5.74. The lowest BCUT2D eigenvalue weighted by Gasteiger charge is -2.03. The first-order chi connectivity index (χ1) is 12.6. The van der Waals surface area contributed by atoms with E-state index in [2.05, 4.69) is 19.9 Å². The van der Waals surface area contributed by atoms with Crippen molar-refractivity contribution in [2.24, 2.45) is 7.05 Å². The van der Waals surface area contributed by atoms with Gasteiger partial charge in [-0.3, -0.25) is 4.68 Å². The van der Waals surface area contributed by atoms with Crippen molar-refractivity contribution in [2.45, 2.75) is 0 Å². The number of hydrogen-bond acceptors (Lipinski definition) is 3. The first kappa shape index (κ1) is 15.8. The normalized spacial score (nSPS) is 10.8. The van der Waals surface area contributed by atoms with Crippen molar-refractivity contribution in [1.29, 1.82) is 0 Å². The van der Waals surface area contributed by atoms with Gasteiger partial charge in [-0.1, -0.05) is 30.3 Å². The summed E-state index contributed by atoms with van der Waals surface area (Å²) in [5.41, 5.74) is 3.23. The van der Waals surface area contributed by atoms with E-state index in [4.69, 9.17) is 11.3 Å². The molecule has 1 N–H and O–H groups in total. The number of methoxy groups -OCH3 is 1. The molecular weight excluding hydrogens is 333 g/mol. The van der Waals surface area contributed by atoms with Crippen LogP contribution in [0, 0.1) is 12.4 Å². The van der Waals surface area contributed by atoms with Crippen LogP contribution in [0.1, 0.15) is 0 Å². The number of halogens is 1. The number of nitrogens with zero attached hydrogens (tertiary/aromatic N) is 4. The van der Waals surface area contributed by atoms with Gasteiger partial charge in [0, 0.05) is 12.6 Å². The van der Waals surface area contributed by atoms with E-state index in [1.807, 2.05) is 30.3 Å². The summed E-state index contributed by atoms with van der Waals surface area (Å²) in [6.45, 7) is 7.04. The van der Waals surface area contributed by atoms with E-state index in [0.29, 0.717) is 34.0 Å². The van der Waals surface area contributed by atoms with Crippen molar-refractivity contribution in [3.63, 3.8) is 0 Å². The Bertz CT molecular complexity index is 1150. The zero-order valence-electron chi connectivity index (χ0n) is 14.1. The molecule has 7 heteroatoms. The van der Waals surface area contributed by atoms with E-state index < -0.39 is 5.82 Å². The third-order valence-corrected chi connectivity index (χ3v) is 4.15. The van der Waals surface area contributed by atoms with Crippen LogP contribution in [0.5, 0.6) is 5.75 Å². The molecule has 0 saturated carbocycles. The lowest BCUT2D eigenvalue weighted by atomic mass is 10.1. The highest BCUT2D eigenvalue weighted by Crippen LogP contribution is 2.38. The molecule has 0 atom stereocenters. The van der Waals surface area contributed by atoms with Gasteiger partial charge in [-0.15, -0.1) is 0 Å². The summed E-state index contributed by atoms with van der Waals surface area (Å²) < 4.78 is 21.1. The highest BCUT2D eigenvalue weighted by Gasteiger charge is 2.22. The number of fused-ring (bicyclic) bond motifs is 1. The molecule has 6 nitrogen and oxygen atoms in total. The second-order valence-electron chi connectivity index (χ2n) is 5.74. The number of imidazole rings is 1. The van der Waals surface area contributed by atoms with Gasteiger partial charge >= 0.3 is 0 Å².